The van der Waals surface area contributed by atoms with Crippen molar-refractivity contribution >= 4 is 17.3 Å². The smallest absolute Gasteiger partial charge is 0.200 e. The molecule has 0 unspecified atom stereocenters. The summed E-state index contributed by atoms with van der Waals surface area (Å²) in [5, 5.41) is 20.1. The molecule has 1 fully saturated rings. The quantitative estimate of drug-likeness (QED) is 0.0863. The van der Waals surface area contributed by atoms with Crippen molar-refractivity contribution in [2.75, 3.05) is 0 Å². The molecular weight excluding hydrogens is 552 g/mol. The number of ketones is 3. The lowest BCUT2D eigenvalue weighted by Gasteiger charge is -2.53. The minimum Gasteiger partial charge on any atom is -0.504 e. The Morgan fingerprint density at radius 1 is 0.955 bits per heavy atom. The zero-order valence-corrected chi connectivity index (χ0v) is 28.0. The Kier molecular flexibility index (Phi) is 10.7. The fraction of sp³-hybridized carbons (Fsp3) is 0.500. The standard InChI is InChI=1S/C38H50O6/c1-22(2)11-14-27(25(7)8)20-38-21-28(16-12-23(3)4)37(9,10)44-36(38)32(33(41)26-15-18-30(39)31(40)19-26)34(42)29(35(38)43)17-13-24(5)6/h11-13,15,18-19,27-29,39-40H,7,14,16-17,20-21H2,1-6,8-10H3/t27-,28-,29+,38-/m0/s1. The Balaban J connectivity index is 2.39. The third kappa shape index (κ3) is 7.34. The SMILES string of the molecule is C=C(C)[C@@H](CC=C(C)C)C[C@@]12C[C@H](CC=C(C)C)C(C)(C)OC1=C(C(=O)c1ccc(O)c(O)c1)C(=O)[C@@H](CC=C(C)C)C2=O. The first-order valence-electron chi connectivity index (χ1n) is 15.6. The van der Waals surface area contributed by atoms with Crippen LogP contribution >= 0.6 is 0 Å². The van der Waals surface area contributed by atoms with Crippen molar-refractivity contribution in [3.05, 3.63) is 82.2 Å². The second kappa shape index (κ2) is 13.5. The first-order valence-corrected chi connectivity index (χ1v) is 15.6. The molecule has 1 saturated heterocycles. The summed E-state index contributed by atoms with van der Waals surface area (Å²) in [6.45, 7) is 22.1. The molecule has 1 aromatic carbocycles. The molecule has 0 saturated carbocycles. The summed E-state index contributed by atoms with van der Waals surface area (Å²) in [5.74, 6) is -3.32. The van der Waals surface area contributed by atoms with Crippen LogP contribution in [0.1, 0.15) is 105 Å². The van der Waals surface area contributed by atoms with Gasteiger partial charge in [-0.2, -0.15) is 0 Å². The van der Waals surface area contributed by atoms with Gasteiger partial charge in [-0.25, -0.2) is 0 Å². The maximum absolute atomic E-state index is 14.9. The average Bonchev–Trinajstić information content (AvgIpc) is 2.91. The zero-order valence-electron chi connectivity index (χ0n) is 28.0. The monoisotopic (exact) mass is 602 g/mol. The van der Waals surface area contributed by atoms with Crippen LogP contribution in [0.5, 0.6) is 11.5 Å². The van der Waals surface area contributed by atoms with E-state index in [9.17, 15) is 24.6 Å². The normalized spacial score (nSPS) is 23.2. The van der Waals surface area contributed by atoms with Gasteiger partial charge in [0.05, 0.1) is 11.3 Å². The molecule has 2 N–H and O–H groups in total. The lowest BCUT2D eigenvalue weighted by atomic mass is 9.56. The topological polar surface area (TPSA) is 101 Å². The van der Waals surface area contributed by atoms with Crippen LogP contribution in [0.25, 0.3) is 0 Å². The Labute approximate surface area is 263 Å². The van der Waals surface area contributed by atoms with Crippen LogP contribution in [0.2, 0.25) is 0 Å². The molecule has 0 aromatic heterocycles. The Morgan fingerprint density at radius 2 is 1.55 bits per heavy atom. The number of phenolic OH excluding ortho intramolecular Hbond substituents is 2. The summed E-state index contributed by atoms with van der Waals surface area (Å²) in [7, 11) is 0. The fourth-order valence-corrected chi connectivity index (χ4v) is 6.32. The highest BCUT2D eigenvalue weighted by Gasteiger charge is 2.61. The Bertz CT molecular complexity index is 1450. The molecule has 6 nitrogen and oxygen atoms in total. The van der Waals surface area contributed by atoms with Crippen LogP contribution in [0.15, 0.2) is 76.6 Å². The van der Waals surface area contributed by atoms with E-state index in [0.29, 0.717) is 25.7 Å². The molecule has 0 amide bonds. The maximum Gasteiger partial charge on any atom is 0.200 e. The third-order valence-electron chi connectivity index (χ3n) is 9.10. The highest BCUT2D eigenvalue weighted by molar-refractivity contribution is 6.33. The van der Waals surface area contributed by atoms with Gasteiger partial charge in [-0.05, 0) is 119 Å². The Hall–Kier alpha value is -3.67. The Morgan fingerprint density at radius 3 is 2.09 bits per heavy atom. The van der Waals surface area contributed by atoms with Crippen LogP contribution in [-0.4, -0.2) is 33.2 Å². The highest BCUT2D eigenvalue weighted by atomic mass is 16.5. The van der Waals surface area contributed by atoms with E-state index in [2.05, 4.69) is 18.7 Å². The van der Waals surface area contributed by atoms with Gasteiger partial charge < -0.3 is 14.9 Å². The molecule has 4 atom stereocenters. The third-order valence-corrected chi connectivity index (χ3v) is 9.10. The summed E-state index contributed by atoms with van der Waals surface area (Å²) in [4.78, 5) is 43.5. The number of ether oxygens (including phenoxy) is 1. The minimum atomic E-state index is -1.23. The molecular formula is C38H50O6. The number of carbonyl (C=O) groups is 3. The van der Waals surface area contributed by atoms with Crippen molar-refractivity contribution in [1.29, 1.82) is 0 Å². The van der Waals surface area contributed by atoms with Gasteiger partial charge in [-0.3, -0.25) is 14.4 Å². The number of hydrogen-bond donors (Lipinski definition) is 2. The number of phenols is 2. The zero-order chi connectivity index (χ0) is 33.1. The van der Waals surface area contributed by atoms with Gasteiger partial charge in [0.25, 0.3) is 0 Å². The van der Waals surface area contributed by atoms with Crippen LogP contribution in [-0.2, 0) is 14.3 Å². The van der Waals surface area contributed by atoms with E-state index in [0.717, 1.165) is 28.4 Å². The van der Waals surface area contributed by atoms with Crippen molar-refractivity contribution < 1.29 is 29.3 Å². The predicted molar refractivity (Wildman–Crippen MR) is 175 cm³/mol. The highest BCUT2D eigenvalue weighted by Crippen LogP contribution is 2.57. The first kappa shape index (κ1) is 34.8. The number of benzene rings is 1. The molecule has 44 heavy (non-hydrogen) atoms. The molecule has 1 heterocycles. The minimum absolute atomic E-state index is 0.0365. The van der Waals surface area contributed by atoms with E-state index in [-0.39, 0.29) is 46.7 Å². The largest absolute Gasteiger partial charge is 0.504 e. The van der Waals surface area contributed by atoms with Gasteiger partial charge in [0, 0.05) is 11.5 Å². The molecule has 0 radical (unpaired) electrons. The molecule has 0 spiro atoms. The van der Waals surface area contributed by atoms with Crippen molar-refractivity contribution in [2.24, 2.45) is 23.2 Å². The number of Topliss-reactive ketones (excluding diaryl/α,β-unsaturated/α-hetero) is 3. The predicted octanol–water partition coefficient (Wildman–Crippen LogP) is 8.76. The number of fused-ring (bicyclic) bond motifs is 1. The van der Waals surface area contributed by atoms with Crippen molar-refractivity contribution in [2.45, 2.75) is 100 Å². The summed E-state index contributed by atoms with van der Waals surface area (Å²) in [6, 6.07) is 3.75. The van der Waals surface area contributed by atoms with Gasteiger partial charge in [0.15, 0.2) is 28.8 Å². The van der Waals surface area contributed by atoms with Gasteiger partial charge in [0.2, 0.25) is 0 Å². The number of carbonyl (C=O) groups excluding carboxylic acids is 3. The number of allylic oxidation sites excluding steroid dienone is 9. The number of rotatable bonds is 11. The molecule has 2 aliphatic rings. The molecule has 238 valence electrons. The van der Waals surface area contributed by atoms with E-state index in [1.807, 2.05) is 68.4 Å². The lowest BCUT2D eigenvalue weighted by Crippen LogP contribution is -2.56. The van der Waals surface area contributed by atoms with Crippen LogP contribution < -0.4 is 0 Å². The second-order valence-electron chi connectivity index (χ2n) is 14.0. The summed E-state index contributed by atoms with van der Waals surface area (Å²) in [5.41, 5.74) is 2.09. The maximum atomic E-state index is 14.9. The van der Waals surface area contributed by atoms with Crippen LogP contribution in [0.4, 0.5) is 0 Å². The molecule has 1 aliphatic heterocycles. The summed E-state index contributed by atoms with van der Waals surface area (Å²) >= 11 is 0. The molecule has 3 rings (SSSR count). The van der Waals surface area contributed by atoms with E-state index in [1.54, 1.807) is 0 Å². The first-order chi connectivity index (χ1) is 20.4. The molecule has 6 heteroatoms. The summed E-state index contributed by atoms with van der Waals surface area (Å²) < 4.78 is 6.77. The number of hydrogen-bond acceptors (Lipinski definition) is 6. The van der Waals surface area contributed by atoms with E-state index in [4.69, 9.17) is 4.74 Å². The summed E-state index contributed by atoms with van der Waals surface area (Å²) in [6.07, 6.45) is 8.49. The molecule has 1 aliphatic carbocycles. The second-order valence-corrected chi connectivity index (χ2v) is 14.0. The fourth-order valence-electron chi connectivity index (χ4n) is 6.32. The molecule has 1 aromatic rings. The van der Waals surface area contributed by atoms with E-state index in [1.165, 1.54) is 12.1 Å². The van der Waals surface area contributed by atoms with Crippen molar-refractivity contribution in [3.8, 4) is 11.5 Å². The van der Waals surface area contributed by atoms with Gasteiger partial charge in [-0.1, -0.05) is 47.1 Å². The van der Waals surface area contributed by atoms with E-state index >= 15 is 0 Å². The van der Waals surface area contributed by atoms with Gasteiger partial charge >= 0.3 is 0 Å². The number of aromatic hydroxyl groups is 2. The van der Waals surface area contributed by atoms with Crippen LogP contribution in [0.3, 0.4) is 0 Å². The van der Waals surface area contributed by atoms with Crippen molar-refractivity contribution in [1.82, 2.24) is 0 Å². The van der Waals surface area contributed by atoms with Crippen molar-refractivity contribution in [3.63, 3.8) is 0 Å². The van der Waals surface area contributed by atoms with Crippen LogP contribution in [0, 0.1) is 23.2 Å². The van der Waals surface area contributed by atoms with Gasteiger partial charge in [-0.15, -0.1) is 0 Å². The van der Waals surface area contributed by atoms with Gasteiger partial charge in [0.1, 0.15) is 16.9 Å². The molecule has 0 bridgehead atoms. The lowest BCUT2D eigenvalue weighted by molar-refractivity contribution is -0.157. The average molecular weight is 603 g/mol. The van der Waals surface area contributed by atoms with E-state index < -0.39 is 34.2 Å².